The van der Waals surface area contributed by atoms with Crippen molar-refractivity contribution in [1.29, 1.82) is 0 Å². The van der Waals surface area contributed by atoms with Crippen molar-refractivity contribution in [2.24, 2.45) is 7.05 Å². The fraction of sp³-hybridized carbons (Fsp3) is 0.286. The van der Waals surface area contributed by atoms with Gasteiger partial charge in [0.1, 0.15) is 5.69 Å². The van der Waals surface area contributed by atoms with E-state index in [9.17, 15) is 29.6 Å². The molecule has 3 aromatic rings. The number of likely N-dealkylation sites (N-methyl/N-ethyl adjacent to an activating group) is 1. The van der Waals surface area contributed by atoms with Gasteiger partial charge in [-0.15, -0.1) is 12.4 Å². The van der Waals surface area contributed by atoms with E-state index in [0.717, 1.165) is 4.57 Å². The third-order valence-electron chi connectivity index (χ3n) is 4.96. The number of aliphatic hydroxyl groups is 1. The molecule has 0 aliphatic rings. The summed E-state index contributed by atoms with van der Waals surface area (Å²) in [4.78, 5) is 49.5. The first-order chi connectivity index (χ1) is 15.2. The number of benzene rings is 2. The molecule has 2 aromatic carbocycles. The average molecular weight is 478 g/mol. The second-order valence-electron chi connectivity index (χ2n) is 7.45. The zero-order chi connectivity index (χ0) is 23.4. The van der Waals surface area contributed by atoms with Crippen LogP contribution >= 0.6 is 12.4 Å². The first-order valence-corrected chi connectivity index (χ1v) is 9.77. The largest absolute Gasteiger partial charge is 0.390 e. The number of amides is 1. The Morgan fingerprint density at radius 3 is 2.52 bits per heavy atom. The maximum Gasteiger partial charge on any atom is 0.331 e. The predicted octanol–water partition coefficient (Wildman–Crippen LogP) is 0.962. The lowest BCUT2D eigenvalue weighted by Gasteiger charge is -2.21. The van der Waals surface area contributed by atoms with Gasteiger partial charge in [-0.05, 0) is 25.2 Å². The Hall–Kier alpha value is -3.54. The summed E-state index contributed by atoms with van der Waals surface area (Å²) in [6, 6.07) is 12.5. The average Bonchev–Trinajstić information content (AvgIpc) is 2.75. The standard InChI is InChI=1S/C21H23N5O6.ClH/c1-23(13-19(28)22-16-8-4-6-10-18(16)26(31)32)11-14(27)12-25-20(29)15-7-3-5-9-17(15)24(2)21(25)30;/h3-10,14,27H,11-13H2,1-2H3,(H,22,28);1H. The maximum absolute atomic E-state index is 12.7. The number of fused-ring (bicyclic) bond motifs is 1. The summed E-state index contributed by atoms with van der Waals surface area (Å²) in [5.74, 6) is -0.507. The molecule has 12 heteroatoms. The molecule has 0 aliphatic carbocycles. The minimum absolute atomic E-state index is 0. The highest BCUT2D eigenvalue weighted by Gasteiger charge is 2.19. The summed E-state index contributed by atoms with van der Waals surface area (Å²) in [6.07, 6.45) is -1.11. The molecule has 0 spiro atoms. The van der Waals surface area contributed by atoms with E-state index < -0.39 is 28.2 Å². The number of aromatic nitrogens is 2. The van der Waals surface area contributed by atoms with Gasteiger partial charge in [0.05, 0.1) is 35.0 Å². The quantitative estimate of drug-likeness (QED) is 0.363. The van der Waals surface area contributed by atoms with Crippen LogP contribution in [0.25, 0.3) is 10.9 Å². The van der Waals surface area contributed by atoms with Gasteiger partial charge >= 0.3 is 5.69 Å². The number of carbonyl (C=O) groups is 1. The fourth-order valence-electron chi connectivity index (χ4n) is 3.49. The zero-order valence-electron chi connectivity index (χ0n) is 18.0. The molecule has 1 heterocycles. The van der Waals surface area contributed by atoms with Crippen molar-refractivity contribution in [3.63, 3.8) is 0 Å². The summed E-state index contributed by atoms with van der Waals surface area (Å²) in [5.41, 5.74) is -0.709. The number of nitro groups is 1. The third-order valence-corrected chi connectivity index (χ3v) is 4.96. The van der Waals surface area contributed by atoms with Gasteiger partial charge in [0.15, 0.2) is 0 Å². The van der Waals surface area contributed by atoms with Crippen molar-refractivity contribution in [1.82, 2.24) is 14.0 Å². The van der Waals surface area contributed by atoms with E-state index in [1.807, 2.05) is 0 Å². The number of aryl methyl sites for hydroxylation is 1. The lowest BCUT2D eigenvalue weighted by atomic mass is 10.2. The minimum Gasteiger partial charge on any atom is -0.390 e. The molecular formula is C21H24ClN5O6. The molecule has 0 saturated heterocycles. The van der Waals surface area contributed by atoms with Crippen LogP contribution in [0.5, 0.6) is 0 Å². The van der Waals surface area contributed by atoms with E-state index in [4.69, 9.17) is 0 Å². The number of anilines is 1. The molecule has 2 N–H and O–H groups in total. The van der Waals surface area contributed by atoms with Crippen LogP contribution in [-0.4, -0.2) is 56.2 Å². The number of nitrogens with one attached hydrogen (secondary N) is 1. The summed E-state index contributed by atoms with van der Waals surface area (Å²) in [5, 5.41) is 24.3. The van der Waals surface area contributed by atoms with Gasteiger partial charge in [0, 0.05) is 19.7 Å². The topological polar surface area (TPSA) is 140 Å². The third kappa shape index (κ3) is 5.83. The molecule has 1 amide bonds. The van der Waals surface area contributed by atoms with E-state index in [2.05, 4.69) is 5.32 Å². The number of hydrogen-bond donors (Lipinski definition) is 2. The highest BCUT2D eigenvalue weighted by molar-refractivity contribution is 5.94. The highest BCUT2D eigenvalue weighted by Crippen LogP contribution is 2.22. The Labute approximate surface area is 194 Å². The lowest BCUT2D eigenvalue weighted by molar-refractivity contribution is -0.383. The van der Waals surface area contributed by atoms with Crippen LogP contribution in [0.2, 0.25) is 0 Å². The summed E-state index contributed by atoms with van der Waals surface area (Å²) in [7, 11) is 3.12. The normalized spacial score (nSPS) is 11.8. The number of rotatable bonds is 8. The van der Waals surface area contributed by atoms with Crippen molar-refractivity contribution in [3.8, 4) is 0 Å². The Kier molecular flexibility index (Phi) is 8.46. The molecule has 11 nitrogen and oxygen atoms in total. The molecule has 1 atom stereocenters. The number of halogens is 1. The fourth-order valence-corrected chi connectivity index (χ4v) is 3.49. The Morgan fingerprint density at radius 2 is 1.82 bits per heavy atom. The Balaban J connectivity index is 0.00000385. The second-order valence-corrected chi connectivity index (χ2v) is 7.45. The van der Waals surface area contributed by atoms with Crippen molar-refractivity contribution in [2.45, 2.75) is 12.6 Å². The van der Waals surface area contributed by atoms with Gasteiger partial charge in [-0.3, -0.25) is 33.7 Å². The molecule has 0 fully saturated rings. The van der Waals surface area contributed by atoms with Gasteiger partial charge in [-0.25, -0.2) is 4.79 Å². The van der Waals surface area contributed by atoms with Crippen LogP contribution < -0.4 is 16.6 Å². The minimum atomic E-state index is -1.11. The molecule has 0 bridgehead atoms. The van der Waals surface area contributed by atoms with Crippen LogP contribution in [0.3, 0.4) is 0 Å². The van der Waals surface area contributed by atoms with Crippen LogP contribution in [0, 0.1) is 10.1 Å². The van der Waals surface area contributed by atoms with Crippen molar-refractivity contribution >= 4 is 40.6 Å². The van der Waals surface area contributed by atoms with E-state index in [0.29, 0.717) is 10.9 Å². The zero-order valence-corrected chi connectivity index (χ0v) is 18.8. The highest BCUT2D eigenvalue weighted by atomic mass is 35.5. The van der Waals surface area contributed by atoms with E-state index in [1.165, 1.54) is 27.7 Å². The predicted molar refractivity (Wildman–Crippen MR) is 126 cm³/mol. The molecule has 0 aliphatic heterocycles. The van der Waals surface area contributed by atoms with Crippen molar-refractivity contribution < 1.29 is 14.8 Å². The van der Waals surface area contributed by atoms with E-state index in [1.54, 1.807) is 44.4 Å². The second kappa shape index (κ2) is 10.9. The first-order valence-electron chi connectivity index (χ1n) is 9.77. The van der Waals surface area contributed by atoms with Crippen LogP contribution in [0.15, 0.2) is 58.1 Å². The number of aliphatic hydroxyl groups excluding tert-OH is 1. The van der Waals surface area contributed by atoms with Gasteiger partial charge in [-0.1, -0.05) is 24.3 Å². The van der Waals surface area contributed by atoms with Crippen molar-refractivity contribution in [3.05, 3.63) is 79.5 Å². The van der Waals surface area contributed by atoms with Crippen LogP contribution in [-0.2, 0) is 18.4 Å². The van der Waals surface area contributed by atoms with Crippen LogP contribution in [0.4, 0.5) is 11.4 Å². The van der Waals surface area contributed by atoms with Gasteiger partial charge < -0.3 is 10.4 Å². The van der Waals surface area contributed by atoms with Gasteiger partial charge in [0.2, 0.25) is 5.91 Å². The Bertz CT molecular complexity index is 1290. The number of para-hydroxylation sites is 3. The maximum atomic E-state index is 12.7. The number of hydrogen-bond acceptors (Lipinski definition) is 7. The SMILES string of the molecule is CN(CC(=O)Nc1ccccc1[N+](=O)[O-])CC(O)Cn1c(=O)c2ccccc2n(C)c1=O.Cl. The lowest BCUT2D eigenvalue weighted by Crippen LogP contribution is -2.44. The molecule has 3 rings (SSSR count). The first kappa shape index (κ1) is 25.7. The van der Waals surface area contributed by atoms with Gasteiger partial charge in [-0.2, -0.15) is 0 Å². The van der Waals surface area contributed by atoms with E-state index >= 15 is 0 Å². The monoisotopic (exact) mass is 477 g/mol. The number of nitro benzene ring substituents is 1. The van der Waals surface area contributed by atoms with E-state index in [-0.39, 0.29) is 43.4 Å². The Morgan fingerprint density at radius 1 is 1.18 bits per heavy atom. The van der Waals surface area contributed by atoms with Gasteiger partial charge in [0.25, 0.3) is 11.2 Å². The summed E-state index contributed by atoms with van der Waals surface area (Å²) in [6.45, 7) is -0.410. The van der Waals surface area contributed by atoms with Crippen molar-refractivity contribution in [2.75, 3.05) is 25.5 Å². The molecule has 1 unspecified atom stereocenters. The van der Waals surface area contributed by atoms with Crippen LogP contribution in [0.1, 0.15) is 0 Å². The number of carbonyl (C=O) groups excluding carboxylic acids is 1. The summed E-state index contributed by atoms with van der Waals surface area (Å²) < 4.78 is 2.31. The molecule has 0 radical (unpaired) electrons. The number of nitrogens with zero attached hydrogens (tertiary/aromatic N) is 4. The molecule has 1 aromatic heterocycles. The molecular weight excluding hydrogens is 454 g/mol. The summed E-state index contributed by atoms with van der Waals surface area (Å²) >= 11 is 0. The smallest absolute Gasteiger partial charge is 0.331 e. The molecule has 33 heavy (non-hydrogen) atoms. The molecule has 176 valence electrons. The molecule has 0 saturated carbocycles.